The topological polar surface area (TPSA) is 50.2 Å². The van der Waals surface area contributed by atoms with E-state index >= 15 is 0 Å². The second-order valence-corrected chi connectivity index (χ2v) is 4.55. The third kappa shape index (κ3) is 2.88. The largest absolute Gasteiger partial charge is 0.481 e. The first-order chi connectivity index (χ1) is 8.16. The van der Waals surface area contributed by atoms with Crippen molar-refractivity contribution >= 4 is 17.3 Å². The van der Waals surface area contributed by atoms with Gasteiger partial charge in [-0.15, -0.1) is 11.3 Å². The smallest absolute Gasteiger partial charge is 0.311 e. The standard InChI is InChI=1S/C12H10FNO2S/c13-9-3-1-2-8(6-9)10(12(15)16)7-11-14-4-5-17-11/h1-6,10H,7H2,(H,15,16). The molecule has 0 saturated carbocycles. The highest BCUT2D eigenvalue weighted by atomic mass is 32.1. The summed E-state index contributed by atoms with van der Waals surface area (Å²) in [5.41, 5.74) is 0.465. The molecular weight excluding hydrogens is 241 g/mol. The molecule has 5 heteroatoms. The average Bonchev–Trinajstić information content (AvgIpc) is 2.78. The van der Waals surface area contributed by atoms with Gasteiger partial charge in [0, 0.05) is 18.0 Å². The molecule has 0 radical (unpaired) electrons. The molecule has 2 rings (SSSR count). The lowest BCUT2D eigenvalue weighted by atomic mass is 9.96. The lowest BCUT2D eigenvalue weighted by Crippen LogP contribution is -2.14. The van der Waals surface area contributed by atoms with Crippen molar-refractivity contribution in [1.82, 2.24) is 4.98 Å². The second-order valence-electron chi connectivity index (χ2n) is 3.58. The first-order valence-corrected chi connectivity index (χ1v) is 5.91. The molecule has 0 amide bonds. The van der Waals surface area contributed by atoms with Crippen molar-refractivity contribution in [2.45, 2.75) is 12.3 Å². The highest BCUT2D eigenvalue weighted by Crippen LogP contribution is 2.23. The molecule has 1 N–H and O–H groups in total. The maximum Gasteiger partial charge on any atom is 0.311 e. The molecule has 0 saturated heterocycles. The summed E-state index contributed by atoms with van der Waals surface area (Å²) in [4.78, 5) is 15.2. The number of hydrogen-bond donors (Lipinski definition) is 1. The van der Waals surface area contributed by atoms with E-state index in [1.54, 1.807) is 17.6 Å². The number of carboxylic acid groups (broad SMARTS) is 1. The molecule has 1 aromatic carbocycles. The van der Waals surface area contributed by atoms with Crippen LogP contribution >= 0.6 is 11.3 Å². The van der Waals surface area contributed by atoms with Crippen molar-refractivity contribution in [2.75, 3.05) is 0 Å². The summed E-state index contributed by atoms with van der Waals surface area (Å²) < 4.78 is 13.1. The molecule has 0 fully saturated rings. The minimum atomic E-state index is -0.967. The zero-order valence-corrected chi connectivity index (χ0v) is 9.65. The van der Waals surface area contributed by atoms with Crippen LogP contribution in [0.15, 0.2) is 35.8 Å². The van der Waals surface area contributed by atoms with Gasteiger partial charge in [-0.25, -0.2) is 9.37 Å². The Morgan fingerprint density at radius 2 is 2.35 bits per heavy atom. The van der Waals surface area contributed by atoms with Gasteiger partial charge in [0.25, 0.3) is 0 Å². The third-order valence-electron chi connectivity index (χ3n) is 2.41. The van der Waals surface area contributed by atoms with Crippen LogP contribution < -0.4 is 0 Å². The molecule has 3 nitrogen and oxygen atoms in total. The summed E-state index contributed by atoms with van der Waals surface area (Å²) in [5, 5.41) is 11.7. The molecule has 0 aliphatic rings. The van der Waals surface area contributed by atoms with Gasteiger partial charge in [0.15, 0.2) is 0 Å². The number of hydrogen-bond acceptors (Lipinski definition) is 3. The monoisotopic (exact) mass is 251 g/mol. The summed E-state index contributed by atoms with van der Waals surface area (Å²) in [6, 6.07) is 5.69. The van der Waals surface area contributed by atoms with Crippen molar-refractivity contribution in [3.63, 3.8) is 0 Å². The van der Waals surface area contributed by atoms with Crippen LogP contribution in [0.4, 0.5) is 4.39 Å². The lowest BCUT2D eigenvalue weighted by molar-refractivity contribution is -0.138. The Balaban J connectivity index is 2.26. The van der Waals surface area contributed by atoms with E-state index in [1.165, 1.54) is 29.5 Å². The molecule has 0 bridgehead atoms. The number of carbonyl (C=O) groups is 1. The van der Waals surface area contributed by atoms with Crippen LogP contribution in [-0.4, -0.2) is 16.1 Å². The number of thiazole rings is 1. The normalized spacial score (nSPS) is 12.3. The maximum atomic E-state index is 13.1. The van der Waals surface area contributed by atoms with Crippen LogP contribution in [0.25, 0.3) is 0 Å². The number of carboxylic acids is 1. The van der Waals surface area contributed by atoms with E-state index in [0.29, 0.717) is 5.56 Å². The highest BCUT2D eigenvalue weighted by Gasteiger charge is 2.21. The van der Waals surface area contributed by atoms with E-state index in [0.717, 1.165) is 5.01 Å². The minimum absolute atomic E-state index is 0.288. The Bertz CT molecular complexity index is 513. The van der Waals surface area contributed by atoms with Crippen LogP contribution in [-0.2, 0) is 11.2 Å². The Morgan fingerprint density at radius 1 is 1.53 bits per heavy atom. The summed E-state index contributed by atoms with van der Waals surface area (Å²) in [6.45, 7) is 0. The molecule has 1 aromatic heterocycles. The molecule has 1 heterocycles. The second kappa shape index (κ2) is 5.05. The van der Waals surface area contributed by atoms with Gasteiger partial charge < -0.3 is 5.11 Å². The number of halogens is 1. The molecule has 2 aromatic rings. The summed E-state index contributed by atoms with van der Waals surface area (Å²) >= 11 is 1.40. The fourth-order valence-corrected chi connectivity index (χ4v) is 2.26. The molecule has 0 spiro atoms. The Hall–Kier alpha value is -1.75. The molecule has 1 unspecified atom stereocenters. The summed E-state index contributed by atoms with van der Waals surface area (Å²) in [5.74, 6) is -2.14. The van der Waals surface area contributed by atoms with Crippen molar-refractivity contribution in [2.24, 2.45) is 0 Å². The molecule has 1 atom stereocenters. The maximum absolute atomic E-state index is 13.1. The minimum Gasteiger partial charge on any atom is -0.481 e. The van der Waals surface area contributed by atoms with E-state index in [9.17, 15) is 14.3 Å². The van der Waals surface area contributed by atoms with Crippen molar-refractivity contribution in [1.29, 1.82) is 0 Å². The fourth-order valence-electron chi connectivity index (χ4n) is 1.60. The van der Waals surface area contributed by atoms with Gasteiger partial charge in [0.05, 0.1) is 10.9 Å². The van der Waals surface area contributed by atoms with E-state index in [4.69, 9.17) is 0 Å². The molecular formula is C12H10FNO2S. The third-order valence-corrected chi connectivity index (χ3v) is 3.21. The van der Waals surface area contributed by atoms with Crippen LogP contribution in [0, 0.1) is 5.82 Å². The summed E-state index contributed by atoms with van der Waals surface area (Å²) in [6.07, 6.45) is 1.92. The van der Waals surface area contributed by atoms with Gasteiger partial charge in [-0.3, -0.25) is 4.79 Å². The average molecular weight is 251 g/mol. The number of rotatable bonds is 4. The van der Waals surface area contributed by atoms with Crippen molar-refractivity contribution in [3.05, 3.63) is 52.2 Å². The predicted molar refractivity (Wildman–Crippen MR) is 62.6 cm³/mol. The van der Waals surface area contributed by atoms with E-state index in [-0.39, 0.29) is 6.42 Å². The predicted octanol–water partition coefficient (Wildman–Crippen LogP) is 2.69. The molecule has 0 aliphatic heterocycles. The van der Waals surface area contributed by atoms with Crippen molar-refractivity contribution in [3.8, 4) is 0 Å². The summed E-state index contributed by atoms with van der Waals surface area (Å²) in [7, 11) is 0. The van der Waals surface area contributed by atoms with Gasteiger partial charge >= 0.3 is 5.97 Å². The Morgan fingerprint density at radius 3 is 2.94 bits per heavy atom. The van der Waals surface area contributed by atoms with Gasteiger partial charge in [-0.1, -0.05) is 12.1 Å². The first-order valence-electron chi connectivity index (χ1n) is 5.03. The SMILES string of the molecule is O=C(O)C(Cc1nccs1)c1cccc(F)c1. The van der Waals surface area contributed by atoms with Gasteiger partial charge in [0.1, 0.15) is 5.82 Å². The van der Waals surface area contributed by atoms with Crippen molar-refractivity contribution < 1.29 is 14.3 Å². The van der Waals surface area contributed by atoms with E-state index in [1.807, 2.05) is 0 Å². The van der Waals surface area contributed by atoms with Crippen LogP contribution in [0.1, 0.15) is 16.5 Å². The molecule has 0 aliphatic carbocycles. The Kier molecular flexibility index (Phi) is 3.49. The number of nitrogens with zero attached hydrogens (tertiary/aromatic N) is 1. The van der Waals surface area contributed by atoms with Gasteiger partial charge in [-0.2, -0.15) is 0 Å². The van der Waals surface area contributed by atoms with E-state index < -0.39 is 17.7 Å². The van der Waals surface area contributed by atoms with Crippen LogP contribution in [0.3, 0.4) is 0 Å². The quantitative estimate of drug-likeness (QED) is 0.908. The fraction of sp³-hybridized carbons (Fsp3) is 0.167. The molecule has 88 valence electrons. The first kappa shape index (κ1) is 11.7. The Labute approximate surface area is 102 Å². The van der Waals surface area contributed by atoms with Crippen LogP contribution in [0.5, 0.6) is 0 Å². The molecule has 17 heavy (non-hydrogen) atoms. The number of aliphatic carboxylic acids is 1. The van der Waals surface area contributed by atoms with Gasteiger partial charge in [0.2, 0.25) is 0 Å². The zero-order valence-electron chi connectivity index (χ0n) is 8.84. The van der Waals surface area contributed by atoms with Gasteiger partial charge in [-0.05, 0) is 17.7 Å². The lowest BCUT2D eigenvalue weighted by Gasteiger charge is -2.11. The van der Waals surface area contributed by atoms with E-state index in [2.05, 4.69) is 4.98 Å². The zero-order chi connectivity index (χ0) is 12.3. The van der Waals surface area contributed by atoms with Crippen LogP contribution in [0.2, 0.25) is 0 Å². The highest BCUT2D eigenvalue weighted by molar-refractivity contribution is 7.09. The number of aromatic nitrogens is 1. The number of benzene rings is 1.